The minimum absolute atomic E-state index is 0.0505. The van der Waals surface area contributed by atoms with Crippen LogP contribution in [0.15, 0.2) is 53.4 Å². The van der Waals surface area contributed by atoms with Gasteiger partial charge in [0.05, 0.1) is 10.6 Å². The standard InChI is InChI=1S/C19H21NO6S/c1-2-27(24,25)17-10-3-14(4-11-17)5-12-18(21)20-15-6-8-16(9-7-15)26-13-19(22)23/h3-4,6-11H,2,5,12-13H2,1H3,(H,20,21)(H,22,23). The first-order chi connectivity index (χ1) is 12.8. The van der Waals surface area contributed by atoms with Gasteiger partial charge in [-0.05, 0) is 48.4 Å². The first-order valence-corrected chi connectivity index (χ1v) is 10.0. The number of hydrogen-bond donors (Lipinski definition) is 2. The lowest BCUT2D eigenvalue weighted by Crippen LogP contribution is -2.12. The number of nitrogens with one attached hydrogen (secondary N) is 1. The molecule has 144 valence electrons. The van der Waals surface area contributed by atoms with Crippen LogP contribution in [0, 0.1) is 0 Å². The van der Waals surface area contributed by atoms with Crippen molar-refractivity contribution >= 4 is 27.4 Å². The Labute approximate surface area is 157 Å². The number of aliphatic carboxylic acids is 1. The quantitative estimate of drug-likeness (QED) is 0.680. The molecule has 0 aliphatic heterocycles. The smallest absolute Gasteiger partial charge is 0.341 e. The first kappa shape index (κ1) is 20.4. The Balaban J connectivity index is 1.84. The van der Waals surface area contributed by atoms with Gasteiger partial charge in [-0.3, -0.25) is 4.79 Å². The van der Waals surface area contributed by atoms with Crippen LogP contribution < -0.4 is 10.1 Å². The molecular weight excluding hydrogens is 370 g/mol. The predicted molar refractivity (Wildman–Crippen MR) is 101 cm³/mol. The van der Waals surface area contributed by atoms with E-state index in [1.807, 2.05) is 0 Å². The fourth-order valence-corrected chi connectivity index (χ4v) is 3.18. The van der Waals surface area contributed by atoms with Gasteiger partial charge in [0.2, 0.25) is 5.91 Å². The number of rotatable bonds is 9. The summed E-state index contributed by atoms with van der Waals surface area (Å²) in [5, 5.41) is 11.3. The zero-order valence-electron chi connectivity index (χ0n) is 14.8. The van der Waals surface area contributed by atoms with E-state index in [-0.39, 0.29) is 23.0 Å². The van der Waals surface area contributed by atoms with Crippen LogP contribution in [-0.2, 0) is 25.8 Å². The Bertz CT molecular complexity index is 889. The minimum atomic E-state index is -3.22. The number of carboxylic acids is 1. The first-order valence-electron chi connectivity index (χ1n) is 8.36. The topological polar surface area (TPSA) is 110 Å². The summed E-state index contributed by atoms with van der Waals surface area (Å²) >= 11 is 0. The second-order valence-electron chi connectivity index (χ2n) is 5.80. The highest BCUT2D eigenvalue weighted by Crippen LogP contribution is 2.17. The number of anilines is 1. The molecule has 0 aliphatic rings. The van der Waals surface area contributed by atoms with Crippen molar-refractivity contribution < 1.29 is 27.9 Å². The third kappa shape index (κ3) is 6.41. The average molecular weight is 391 g/mol. The molecule has 1 amide bonds. The van der Waals surface area contributed by atoms with E-state index in [1.54, 1.807) is 55.5 Å². The zero-order valence-corrected chi connectivity index (χ0v) is 15.7. The van der Waals surface area contributed by atoms with Gasteiger partial charge in [0.1, 0.15) is 5.75 Å². The van der Waals surface area contributed by atoms with Crippen molar-refractivity contribution in [1.29, 1.82) is 0 Å². The Morgan fingerprint density at radius 3 is 2.22 bits per heavy atom. The van der Waals surface area contributed by atoms with Gasteiger partial charge in [0, 0.05) is 12.1 Å². The molecule has 2 aromatic carbocycles. The Morgan fingerprint density at radius 2 is 1.67 bits per heavy atom. The van der Waals surface area contributed by atoms with Crippen LogP contribution >= 0.6 is 0 Å². The minimum Gasteiger partial charge on any atom is -0.482 e. The van der Waals surface area contributed by atoms with E-state index < -0.39 is 22.4 Å². The lowest BCUT2D eigenvalue weighted by atomic mass is 10.1. The van der Waals surface area contributed by atoms with Crippen LogP contribution in [0.3, 0.4) is 0 Å². The van der Waals surface area contributed by atoms with Gasteiger partial charge in [-0.2, -0.15) is 0 Å². The van der Waals surface area contributed by atoms with Crippen LogP contribution in [0.25, 0.3) is 0 Å². The molecule has 0 spiro atoms. The molecule has 0 aliphatic carbocycles. The second kappa shape index (κ2) is 9.18. The van der Waals surface area contributed by atoms with Crippen LogP contribution in [0.2, 0.25) is 0 Å². The fourth-order valence-electron chi connectivity index (χ4n) is 2.29. The number of aryl methyl sites for hydroxylation is 1. The summed E-state index contributed by atoms with van der Waals surface area (Å²) in [5.74, 6) is -0.792. The molecule has 0 unspecified atom stereocenters. The summed E-state index contributed by atoms with van der Waals surface area (Å²) in [5.41, 5.74) is 1.45. The van der Waals surface area contributed by atoms with Crippen LogP contribution in [0.5, 0.6) is 5.75 Å². The molecule has 2 aromatic rings. The molecule has 0 aromatic heterocycles. The molecule has 2 rings (SSSR count). The highest BCUT2D eigenvalue weighted by atomic mass is 32.2. The van der Waals surface area contributed by atoms with Gasteiger partial charge < -0.3 is 15.2 Å². The van der Waals surface area contributed by atoms with E-state index in [4.69, 9.17) is 9.84 Å². The fraction of sp³-hybridized carbons (Fsp3) is 0.263. The van der Waals surface area contributed by atoms with E-state index in [1.165, 1.54) is 0 Å². The monoisotopic (exact) mass is 391 g/mol. The summed E-state index contributed by atoms with van der Waals surface area (Å²) in [6, 6.07) is 12.9. The number of carboxylic acid groups (broad SMARTS) is 1. The average Bonchev–Trinajstić information content (AvgIpc) is 2.66. The van der Waals surface area contributed by atoms with Crippen molar-refractivity contribution in [2.45, 2.75) is 24.7 Å². The number of sulfone groups is 1. The third-order valence-electron chi connectivity index (χ3n) is 3.80. The van der Waals surface area contributed by atoms with Crippen molar-refractivity contribution in [1.82, 2.24) is 0 Å². The highest BCUT2D eigenvalue weighted by molar-refractivity contribution is 7.91. The molecule has 0 radical (unpaired) electrons. The van der Waals surface area contributed by atoms with Crippen molar-refractivity contribution in [2.75, 3.05) is 17.7 Å². The molecule has 27 heavy (non-hydrogen) atoms. The lowest BCUT2D eigenvalue weighted by molar-refractivity contribution is -0.139. The second-order valence-corrected chi connectivity index (χ2v) is 8.08. The number of ether oxygens (including phenoxy) is 1. The van der Waals surface area contributed by atoms with Crippen molar-refractivity contribution in [3.63, 3.8) is 0 Å². The van der Waals surface area contributed by atoms with Crippen molar-refractivity contribution in [2.24, 2.45) is 0 Å². The van der Waals surface area contributed by atoms with E-state index >= 15 is 0 Å². The van der Waals surface area contributed by atoms with Gasteiger partial charge in [-0.1, -0.05) is 19.1 Å². The molecular formula is C19H21NO6S. The highest BCUT2D eigenvalue weighted by Gasteiger charge is 2.11. The normalized spacial score (nSPS) is 11.0. The molecule has 0 heterocycles. The van der Waals surface area contributed by atoms with Crippen LogP contribution in [0.4, 0.5) is 5.69 Å². The number of carbonyl (C=O) groups excluding carboxylic acids is 1. The maximum absolute atomic E-state index is 12.0. The van der Waals surface area contributed by atoms with Gasteiger partial charge in [0.15, 0.2) is 16.4 Å². The summed E-state index contributed by atoms with van der Waals surface area (Å²) in [6.07, 6.45) is 0.731. The molecule has 8 heteroatoms. The lowest BCUT2D eigenvalue weighted by Gasteiger charge is -2.08. The van der Waals surface area contributed by atoms with E-state index in [0.717, 1.165) is 5.56 Å². The van der Waals surface area contributed by atoms with Gasteiger partial charge in [-0.25, -0.2) is 13.2 Å². The van der Waals surface area contributed by atoms with Gasteiger partial charge in [-0.15, -0.1) is 0 Å². The summed E-state index contributed by atoms with van der Waals surface area (Å²) in [6.45, 7) is 1.17. The molecule has 0 saturated carbocycles. The molecule has 0 saturated heterocycles. The SMILES string of the molecule is CCS(=O)(=O)c1ccc(CCC(=O)Nc2ccc(OCC(=O)O)cc2)cc1. The Kier molecular flexibility index (Phi) is 6.95. The Morgan fingerprint density at radius 1 is 1.04 bits per heavy atom. The van der Waals surface area contributed by atoms with E-state index in [2.05, 4.69) is 5.32 Å². The zero-order chi connectivity index (χ0) is 19.9. The van der Waals surface area contributed by atoms with Crippen LogP contribution in [0.1, 0.15) is 18.9 Å². The molecule has 0 atom stereocenters. The Hall–Kier alpha value is -2.87. The van der Waals surface area contributed by atoms with Crippen LogP contribution in [-0.4, -0.2) is 37.8 Å². The molecule has 0 fully saturated rings. The predicted octanol–water partition coefficient (Wildman–Crippen LogP) is 2.51. The number of amides is 1. The van der Waals surface area contributed by atoms with E-state index in [0.29, 0.717) is 17.9 Å². The summed E-state index contributed by atoms with van der Waals surface area (Å²) < 4.78 is 28.6. The van der Waals surface area contributed by atoms with Crippen molar-refractivity contribution in [3.05, 3.63) is 54.1 Å². The van der Waals surface area contributed by atoms with Crippen molar-refractivity contribution in [3.8, 4) is 5.75 Å². The number of carbonyl (C=O) groups is 2. The summed E-state index contributed by atoms with van der Waals surface area (Å²) in [4.78, 5) is 22.8. The van der Waals surface area contributed by atoms with E-state index in [9.17, 15) is 18.0 Å². The number of benzene rings is 2. The largest absolute Gasteiger partial charge is 0.482 e. The van der Waals surface area contributed by atoms with Gasteiger partial charge in [0.25, 0.3) is 0 Å². The molecule has 2 N–H and O–H groups in total. The number of hydrogen-bond acceptors (Lipinski definition) is 5. The molecule has 7 nitrogen and oxygen atoms in total. The van der Waals surface area contributed by atoms with Gasteiger partial charge >= 0.3 is 5.97 Å². The molecule has 0 bridgehead atoms. The summed E-state index contributed by atoms with van der Waals surface area (Å²) in [7, 11) is -3.22. The maximum atomic E-state index is 12.0. The maximum Gasteiger partial charge on any atom is 0.341 e. The third-order valence-corrected chi connectivity index (χ3v) is 5.55.